The number of hydrogen-bond acceptors (Lipinski definition) is 5. The van der Waals surface area contributed by atoms with Crippen molar-refractivity contribution in [3.05, 3.63) is 0 Å². The zero-order valence-electron chi connectivity index (χ0n) is 11.9. The van der Waals surface area contributed by atoms with Gasteiger partial charge in [-0.25, -0.2) is 0 Å². The maximum atomic E-state index is 11.7. The van der Waals surface area contributed by atoms with E-state index in [1.54, 1.807) is 6.92 Å². The lowest BCUT2D eigenvalue weighted by Gasteiger charge is -2.33. The Bertz CT molecular complexity index is 297. The van der Waals surface area contributed by atoms with Crippen LogP contribution in [0.25, 0.3) is 0 Å². The van der Waals surface area contributed by atoms with Crippen LogP contribution in [0.1, 0.15) is 26.7 Å². The highest BCUT2D eigenvalue weighted by molar-refractivity contribution is 5.78. The van der Waals surface area contributed by atoms with Gasteiger partial charge in [-0.05, 0) is 20.3 Å². The molecule has 0 unspecified atom stereocenters. The van der Waals surface area contributed by atoms with E-state index in [0.29, 0.717) is 38.6 Å². The monoisotopic (exact) mass is 271 g/mol. The summed E-state index contributed by atoms with van der Waals surface area (Å²) in [5.74, 6) is -0.176. The number of nitrogens with zero attached hydrogens (tertiary/aromatic N) is 1. The van der Waals surface area contributed by atoms with Crippen molar-refractivity contribution in [1.29, 1.82) is 0 Å². The average molecular weight is 271 g/mol. The van der Waals surface area contributed by atoms with E-state index in [4.69, 9.17) is 4.74 Å². The van der Waals surface area contributed by atoms with Crippen LogP contribution in [0.3, 0.4) is 0 Å². The molecule has 1 heterocycles. The SMILES string of the molecule is CCOC(=O)CCCNC(=O)CN1CCNC[C@@H]1C. The number of hydrogen-bond donors (Lipinski definition) is 2. The first kappa shape index (κ1) is 15.9. The molecular weight excluding hydrogens is 246 g/mol. The van der Waals surface area contributed by atoms with Crippen LogP contribution in [0.15, 0.2) is 0 Å². The van der Waals surface area contributed by atoms with Gasteiger partial charge in [0.25, 0.3) is 0 Å². The normalized spacial score (nSPS) is 20.0. The summed E-state index contributed by atoms with van der Waals surface area (Å²) in [6.07, 6.45) is 0.986. The molecule has 0 saturated carbocycles. The third-order valence-corrected chi connectivity index (χ3v) is 3.17. The molecule has 0 aromatic carbocycles. The molecule has 6 nitrogen and oxygen atoms in total. The Hall–Kier alpha value is -1.14. The number of piperazine rings is 1. The summed E-state index contributed by atoms with van der Waals surface area (Å²) in [4.78, 5) is 25.0. The van der Waals surface area contributed by atoms with Crippen LogP contribution >= 0.6 is 0 Å². The molecule has 6 heteroatoms. The van der Waals surface area contributed by atoms with Crippen LogP contribution in [-0.2, 0) is 14.3 Å². The number of carbonyl (C=O) groups excluding carboxylic acids is 2. The number of rotatable bonds is 7. The van der Waals surface area contributed by atoms with Gasteiger partial charge in [0.15, 0.2) is 0 Å². The second-order valence-corrected chi connectivity index (χ2v) is 4.78. The molecule has 1 aliphatic rings. The third kappa shape index (κ3) is 6.54. The zero-order chi connectivity index (χ0) is 14.1. The molecule has 0 aromatic rings. The van der Waals surface area contributed by atoms with Gasteiger partial charge in [-0.3, -0.25) is 14.5 Å². The highest BCUT2D eigenvalue weighted by Crippen LogP contribution is 2.01. The van der Waals surface area contributed by atoms with Gasteiger partial charge >= 0.3 is 5.97 Å². The Kier molecular flexibility index (Phi) is 7.43. The predicted molar refractivity (Wildman–Crippen MR) is 72.8 cm³/mol. The molecule has 110 valence electrons. The summed E-state index contributed by atoms with van der Waals surface area (Å²) >= 11 is 0. The Labute approximate surface area is 114 Å². The minimum atomic E-state index is -0.201. The van der Waals surface area contributed by atoms with E-state index in [9.17, 15) is 9.59 Å². The summed E-state index contributed by atoms with van der Waals surface area (Å²) in [7, 11) is 0. The predicted octanol–water partition coefficient (Wildman–Crippen LogP) is -0.260. The number of carbonyl (C=O) groups is 2. The van der Waals surface area contributed by atoms with Crippen LogP contribution in [0.4, 0.5) is 0 Å². The van der Waals surface area contributed by atoms with Crippen LogP contribution in [0.2, 0.25) is 0 Å². The van der Waals surface area contributed by atoms with Crippen molar-refractivity contribution in [3.63, 3.8) is 0 Å². The fourth-order valence-corrected chi connectivity index (χ4v) is 2.05. The van der Waals surface area contributed by atoms with E-state index in [1.807, 2.05) is 0 Å². The zero-order valence-corrected chi connectivity index (χ0v) is 11.9. The Morgan fingerprint density at radius 1 is 1.47 bits per heavy atom. The Morgan fingerprint density at radius 3 is 2.95 bits per heavy atom. The van der Waals surface area contributed by atoms with Crippen LogP contribution < -0.4 is 10.6 Å². The van der Waals surface area contributed by atoms with E-state index < -0.39 is 0 Å². The maximum absolute atomic E-state index is 11.7. The van der Waals surface area contributed by atoms with Gasteiger partial charge in [0.2, 0.25) is 5.91 Å². The van der Waals surface area contributed by atoms with Crippen molar-refractivity contribution in [2.45, 2.75) is 32.7 Å². The van der Waals surface area contributed by atoms with Gasteiger partial charge in [0.05, 0.1) is 13.2 Å². The molecular formula is C13H25N3O3. The summed E-state index contributed by atoms with van der Waals surface area (Å²) < 4.78 is 4.82. The Morgan fingerprint density at radius 2 is 2.26 bits per heavy atom. The first-order valence-electron chi connectivity index (χ1n) is 7.00. The standard InChI is InChI=1S/C13H25N3O3/c1-3-19-13(18)5-4-6-15-12(17)10-16-8-7-14-9-11(16)2/h11,14H,3-10H2,1-2H3,(H,15,17)/t11-/m0/s1. The highest BCUT2D eigenvalue weighted by atomic mass is 16.5. The third-order valence-electron chi connectivity index (χ3n) is 3.17. The number of amides is 1. The second-order valence-electron chi connectivity index (χ2n) is 4.78. The molecule has 0 spiro atoms. The first-order chi connectivity index (χ1) is 9.13. The van der Waals surface area contributed by atoms with Crippen LogP contribution in [-0.4, -0.2) is 62.1 Å². The molecule has 0 bridgehead atoms. The minimum absolute atomic E-state index is 0.0256. The summed E-state index contributed by atoms with van der Waals surface area (Å²) in [5.41, 5.74) is 0. The van der Waals surface area contributed by atoms with Gasteiger partial charge in [-0.1, -0.05) is 0 Å². The molecule has 0 radical (unpaired) electrons. The van der Waals surface area contributed by atoms with E-state index in [-0.39, 0.29) is 11.9 Å². The maximum Gasteiger partial charge on any atom is 0.305 e. The van der Waals surface area contributed by atoms with Gasteiger partial charge in [-0.2, -0.15) is 0 Å². The second kappa shape index (κ2) is 8.87. The van der Waals surface area contributed by atoms with Crippen LogP contribution in [0.5, 0.6) is 0 Å². The number of ether oxygens (including phenoxy) is 1. The molecule has 19 heavy (non-hydrogen) atoms. The minimum Gasteiger partial charge on any atom is -0.466 e. The van der Waals surface area contributed by atoms with Crippen molar-refractivity contribution in [2.24, 2.45) is 0 Å². The largest absolute Gasteiger partial charge is 0.466 e. The van der Waals surface area contributed by atoms with Crippen LogP contribution in [0, 0.1) is 0 Å². The topological polar surface area (TPSA) is 70.7 Å². The summed E-state index contributed by atoms with van der Waals surface area (Å²) in [6.45, 7) is 8.02. The quantitative estimate of drug-likeness (QED) is 0.493. The van der Waals surface area contributed by atoms with Gasteiger partial charge in [-0.15, -0.1) is 0 Å². The lowest BCUT2D eigenvalue weighted by atomic mass is 10.2. The molecule has 1 amide bonds. The molecule has 0 aliphatic carbocycles. The van der Waals surface area contributed by atoms with E-state index in [0.717, 1.165) is 19.6 Å². The first-order valence-corrected chi connectivity index (χ1v) is 7.00. The van der Waals surface area contributed by atoms with Crippen molar-refractivity contribution >= 4 is 11.9 Å². The average Bonchev–Trinajstić information content (AvgIpc) is 2.38. The van der Waals surface area contributed by atoms with Gasteiger partial charge in [0, 0.05) is 38.6 Å². The van der Waals surface area contributed by atoms with Gasteiger partial charge < -0.3 is 15.4 Å². The number of nitrogens with one attached hydrogen (secondary N) is 2. The summed E-state index contributed by atoms with van der Waals surface area (Å²) in [6, 6.07) is 0.388. The molecule has 1 rings (SSSR count). The van der Waals surface area contributed by atoms with Crippen molar-refractivity contribution in [3.8, 4) is 0 Å². The van der Waals surface area contributed by atoms with E-state index in [2.05, 4.69) is 22.5 Å². The lowest BCUT2D eigenvalue weighted by molar-refractivity contribution is -0.143. The van der Waals surface area contributed by atoms with Crippen molar-refractivity contribution in [2.75, 3.05) is 39.3 Å². The summed E-state index contributed by atoms with van der Waals surface area (Å²) in [5, 5.41) is 6.13. The van der Waals surface area contributed by atoms with Crippen molar-refractivity contribution in [1.82, 2.24) is 15.5 Å². The highest BCUT2D eigenvalue weighted by Gasteiger charge is 2.19. The molecule has 1 aliphatic heterocycles. The van der Waals surface area contributed by atoms with E-state index >= 15 is 0 Å². The van der Waals surface area contributed by atoms with E-state index in [1.165, 1.54) is 0 Å². The van der Waals surface area contributed by atoms with Crippen molar-refractivity contribution < 1.29 is 14.3 Å². The molecule has 1 fully saturated rings. The number of esters is 1. The smallest absolute Gasteiger partial charge is 0.305 e. The van der Waals surface area contributed by atoms with Gasteiger partial charge in [0.1, 0.15) is 0 Å². The fraction of sp³-hybridized carbons (Fsp3) is 0.846. The lowest BCUT2D eigenvalue weighted by Crippen LogP contribution is -2.52. The molecule has 1 atom stereocenters. The molecule has 2 N–H and O–H groups in total. The fourth-order valence-electron chi connectivity index (χ4n) is 2.05. The Balaban J connectivity index is 2.09. The molecule has 1 saturated heterocycles. The molecule has 0 aromatic heterocycles.